The zero-order valence-electron chi connectivity index (χ0n) is 7.44. The predicted octanol–water partition coefficient (Wildman–Crippen LogP) is 0.763. The zero-order chi connectivity index (χ0) is 10.7. The molecular formula is C8H11ClNO3S. The summed E-state index contributed by atoms with van der Waals surface area (Å²) in [5, 5.41) is 8.68. The molecule has 1 N–H and O–H groups in total. The minimum absolute atomic E-state index is 0.000386. The molecule has 1 aliphatic heterocycles. The minimum atomic E-state index is -1.05. The van der Waals surface area contributed by atoms with Crippen LogP contribution in [0.2, 0.25) is 0 Å². The summed E-state index contributed by atoms with van der Waals surface area (Å²) in [5.41, 5.74) is 0. The molecule has 0 aromatic rings. The molecule has 79 valence electrons. The number of halogens is 1. The van der Waals surface area contributed by atoms with Gasteiger partial charge >= 0.3 is 5.97 Å². The third-order valence-electron chi connectivity index (χ3n) is 2.08. The van der Waals surface area contributed by atoms with Crippen molar-refractivity contribution in [1.29, 1.82) is 0 Å². The summed E-state index contributed by atoms with van der Waals surface area (Å²) in [4.78, 5) is 23.3. The number of alkyl halides is 1. The fourth-order valence-electron chi connectivity index (χ4n) is 1.39. The number of piperidine rings is 1. The number of hydrogen-bond acceptors (Lipinski definition) is 3. The van der Waals surface area contributed by atoms with Gasteiger partial charge < -0.3 is 10.0 Å². The summed E-state index contributed by atoms with van der Waals surface area (Å²) in [6.07, 6.45) is 0.933. The first-order valence-electron chi connectivity index (χ1n) is 4.20. The molecule has 0 bridgehead atoms. The van der Waals surface area contributed by atoms with Crippen LogP contribution < -0.4 is 0 Å². The minimum Gasteiger partial charge on any atom is -0.479 e. The van der Waals surface area contributed by atoms with Crippen molar-refractivity contribution in [3.63, 3.8) is 0 Å². The van der Waals surface area contributed by atoms with Crippen LogP contribution in [-0.4, -0.2) is 39.6 Å². The van der Waals surface area contributed by atoms with Gasteiger partial charge in [0, 0.05) is 6.54 Å². The SMILES string of the molecule is O=C(O)[C]1CCC(Cl)CN1C(=O)CS. The number of carboxylic acid groups (broad SMARTS) is 1. The van der Waals surface area contributed by atoms with Gasteiger partial charge in [-0.25, -0.2) is 4.79 Å². The topological polar surface area (TPSA) is 57.6 Å². The van der Waals surface area contributed by atoms with Gasteiger partial charge in [0.05, 0.1) is 11.1 Å². The van der Waals surface area contributed by atoms with Crippen LogP contribution >= 0.6 is 24.2 Å². The molecule has 1 saturated heterocycles. The molecule has 4 nitrogen and oxygen atoms in total. The Morgan fingerprint density at radius 3 is 2.79 bits per heavy atom. The molecule has 14 heavy (non-hydrogen) atoms. The highest BCUT2D eigenvalue weighted by Crippen LogP contribution is 2.26. The summed E-state index contributed by atoms with van der Waals surface area (Å²) in [5.74, 6) is -1.36. The maximum atomic E-state index is 11.3. The molecule has 0 saturated carbocycles. The van der Waals surface area contributed by atoms with Gasteiger partial charge in [-0.05, 0) is 12.8 Å². The fourth-order valence-corrected chi connectivity index (χ4v) is 1.81. The Kier molecular flexibility index (Phi) is 4.07. The van der Waals surface area contributed by atoms with E-state index in [9.17, 15) is 9.59 Å². The van der Waals surface area contributed by atoms with Crippen LogP contribution in [0.4, 0.5) is 0 Å². The largest absolute Gasteiger partial charge is 0.479 e. The number of nitrogens with zero attached hydrogens (tertiary/aromatic N) is 1. The van der Waals surface area contributed by atoms with Crippen LogP contribution in [0.3, 0.4) is 0 Å². The van der Waals surface area contributed by atoms with Crippen molar-refractivity contribution in [3.8, 4) is 0 Å². The molecular weight excluding hydrogens is 226 g/mol. The smallest absolute Gasteiger partial charge is 0.332 e. The predicted molar refractivity (Wildman–Crippen MR) is 55.3 cm³/mol. The Morgan fingerprint density at radius 2 is 2.29 bits per heavy atom. The third-order valence-corrected chi connectivity index (χ3v) is 2.71. The van der Waals surface area contributed by atoms with Crippen molar-refractivity contribution < 1.29 is 14.7 Å². The molecule has 1 aliphatic rings. The summed E-state index contributed by atoms with van der Waals surface area (Å²) in [6, 6.07) is 0.126. The Bertz CT molecular complexity index is 249. The van der Waals surface area contributed by atoms with Gasteiger partial charge in [0.2, 0.25) is 5.91 Å². The lowest BCUT2D eigenvalue weighted by Gasteiger charge is -2.34. The number of rotatable bonds is 2. The lowest BCUT2D eigenvalue weighted by Crippen LogP contribution is -2.46. The number of aliphatic carboxylic acids is 1. The van der Waals surface area contributed by atoms with E-state index in [4.69, 9.17) is 16.7 Å². The first-order chi connectivity index (χ1) is 6.56. The second-order valence-corrected chi connectivity index (χ2v) is 3.98. The average molecular weight is 237 g/mol. The molecule has 1 heterocycles. The van der Waals surface area contributed by atoms with Crippen molar-refractivity contribution >= 4 is 36.1 Å². The van der Waals surface area contributed by atoms with Crippen molar-refractivity contribution in [3.05, 3.63) is 6.04 Å². The Labute approximate surface area is 92.6 Å². The first-order valence-corrected chi connectivity index (χ1v) is 5.27. The van der Waals surface area contributed by atoms with Gasteiger partial charge in [0.15, 0.2) is 6.04 Å². The number of carbonyl (C=O) groups excluding carboxylic acids is 1. The number of amides is 1. The van der Waals surface area contributed by atoms with Crippen molar-refractivity contribution in [1.82, 2.24) is 4.90 Å². The van der Waals surface area contributed by atoms with E-state index in [1.54, 1.807) is 0 Å². The Hall–Kier alpha value is -0.420. The lowest BCUT2D eigenvalue weighted by molar-refractivity contribution is -0.143. The molecule has 1 radical (unpaired) electrons. The van der Waals surface area contributed by atoms with Crippen LogP contribution in [0.15, 0.2) is 0 Å². The first kappa shape index (κ1) is 11.7. The number of carboxylic acids is 1. The monoisotopic (exact) mass is 236 g/mol. The maximum Gasteiger partial charge on any atom is 0.332 e. The van der Waals surface area contributed by atoms with Gasteiger partial charge in [-0.3, -0.25) is 4.79 Å². The summed E-state index contributed by atoms with van der Waals surface area (Å²) in [6.45, 7) is 0.266. The number of hydrogen-bond donors (Lipinski definition) is 2. The van der Waals surface area contributed by atoms with E-state index in [-0.39, 0.29) is 29.6 Å². The summed E-state index contributed by atoms with van der Waals surface area (Å²) < 4.78 is 0. The highest BCUT2D eigenvalue weighted by Gasteiger charge is 2.35. The average Bonchev–Trinajstić information content (AvgIpc) is 2.16. The van der Waals surface area contributed by atoms with Gasteiger partial charge in [0.25, 0.3) is 0 Å². The zero-order valence-corrected chi connectivity index (χ0v) is 9.09. The van der Waals surface area contributed by atoms with E-state index in [0.29, 0.717) is 12.8 Å². The molecule has 1 amide bonds. The molecule has 0 aliphatic carbocycles. The second kappa shape index (κ2) is 4.89. The third kappa shape index (κ3) is 2.54. The molecule has 1 fully saturated rings. The quantitative estimate of drug-likeness (QED) is 0.550. The van der Waals surface area contributed by atoms with Gasteiger partial charge in [-0.2, -0.15) is 12.6 Å². The van der Waals surface area contributed by atoms with Crippen LogP contribution in [-0.2, 0) is 9.59 Å². The van der Waals surface area contributed by atoms with Crippen LogP contribution in [0, 0.1) is 6.04 Å². The molecule has 1 atom stereocenters. The molecule has 0 spiro atoms. The van der Waals surface area contributed by atoms with E-state index in [2.05, 4.69) is 12.6 Å². The van der Waals surface area contributed by atoms with E-state index in [1.165, 1.54) is 4.90 Å². The van der Waals surface area contributed by atoms with Crippen molar-refractivity contribution in [2.24, 2.45) is 0 Å². The van der Waals surface area contributed by atoms with E-state index < -0.39 is 5.97 Å². The molecule has 0 aromatic heterocycles. The fraction of sp³-hybridized carbons (Fsp3) is 0.625. The Balaban J connectivity index is 2.73. The highest BCUT2D eigenvalue weighted by molar-refractivity contribution is 7.81. The van der Waals surface area contributed by atoms with Crippen molar-refractivity contribution in [2.75, 3.05) is 12.3 Å². The lowest BCUT2D eigenvalue weighted by atomic mass is 10.0. The number of thiol groups is 1. The molecule has 1 rings (SSSR count). The standard InChI is InChI=1S/C8H11ClNO3S/c9-5-1-2-6(8(12)13)10(3-5)7(11)4-14/h5,14H,1-4H2,(H,12,13). The second-order valence-electron chi connectivity index (χ2n) is 3.05. The normalized spacial score (nSPS) is 23.6. The summed E-state index contributed by atoms with van der Waals surface area (Å²) >= 11 is 9.68. The molecule has 1 unspecified atom stereocenters. The van der Waals surface area contributed by atoms with E-state index in [0.717, 1.165) is 0 Å². The van der Waals surface area contributed by atoms with Gasteiger partial charge in [-0.15, -0.1) is 11.6 Å². The van der Waals surface area contributed by atoms with Crippen molar-refractivity contribution in [2.45, 2.75) is 18.2 Å². The highest BCUT2D eigenvalue weighted by atomic mass is 35.5. The van der Waals surface area contributed by atoms with Crippen LogP contribution in [0.5, 0.6) is 0 Å². The summed E-state index contributed by atoms with van der Waals surface area (Å²) in [7, 11) is 0. The maximum absolute atomic E-state index is 11.3. The Morgan fingerprint density at radius 1 is 1.64 bits per heavy atom. The number of carbonyl (C=O) groups is 2. The van der Waals surface area contributed by atoms with E-state index in [1.807, 2.05) is 0 Å². The van der Waals surface area contributed by atoms with Gasteiger partial charge in [-0.1, -0.05) is 0 Å². The van der Waals surface area contributed by atoms with E-state index >= 15 is 0 Å². The molecule has 0 aromatic carbocycles. The number of likely N-dealkylation sites (tertiary alicyclic amines) is 1. The van der Waals surface area contributed by atoms with Gasteiger partial charge in [0.1, 0.15) is 0 Å². The molecule has 6 heteroatoms. The van der Waals surface area contributed by atoms with Crippen LogP contribution in [0.25, 0.3) is 0 Å². The van der Waals surface area contributed by atoms with Crippen LogP contribution in [0.1, 0.15) is 12.8 Å².